The molecule has 2 amide bonds. The molecule has 10 heteroatoms. The molecule has 9 nitrogen and oxygen atoms in total. The quantitative estimate of drug-likeness (QED) is 0.829. The van der Waals surface area contributed by atoms with E-state index in [9.17, 15) is 9.59 Å². The van der Waals surface area contributed by atoms with Gasteiger partial charge < -0.3 is 15.0 Å². The number of carbonyl (C=O) groups is 2. The molecule has 0 aliphatic carbocycles. The van der Waals surface area contributed by atoms with E-state index >= 15 is 0 Å². The molecule has 0 aromatic carbocycles. The topological polar surface area (TPSA) is 101 Å². The summed E-state index contributed by atoms with van der Waals surface area (Å²) in [6, 6.07) is 3.25. The van der Waals surface area contributed by atoms with Gasteiger partial charge in [-0.25, -0.2) is 9.78 Å². The van der Waals surface area contributed by atoms with Gasteiger partial charge in [0.2, 0.25) is 6.23 Å². The lowest BCUT2D eigenvalue weighted by Crippen LogP contribution is -2.50. The van der Waals surface area contributed by atoms with Crippen molar-refractivity contribution in [2.45, 2.75) is 12.3 Å². The van der Waals surface area contributed by atoms with Crippen molar-refractivity contribution in [3.05, 3.63) is 52.8 Å². The van der Waals surface area contributed by atoms with Crippen molar-refractivity contribution in [3.8, 4) is 0 Å². The molecule has 0 radical (unpaired) electrons. The Morgan fingerprint density at radius 1 is 1.26 bits per heavy atom. The van der Waals surface area contributed by atoms with E-state index in [0.717, 1.165) is 5.69 Å². The molecule has 0 spiro atoms. The Labute approximate surface area is 160 Å². The zero-order valence-electron chi connectivity index (χ0n) is 14.5. The Morgan fingerprint density at radius 3 is 2.85 bits per heavy atom. The molecule has 4 rings (SSSR count). The van der Waals surface area contributed by atoms with Crippen LogP contribution in [0.2, 0.25) is 5.02 Å². The van der Waals surface area contributed by atoms with E-state index in [2.05, 4.69) is 25.2 Å². The summed E-state index contributed by atoms with van der Waals surface area (Å²) in [6.45, 7) is 1.78. The third-order valence-corrected chi connectivity index (χ3v) is 4.80. The lowest BCUT2D eigenvalue weighted by molar-refractivity contribution is 0.0190. The van der Waals surface area contributed by atoms with Crippen LogP contribution < -0.4 is 5.32 Å². The van der Waals surface area contributed by atoms with Crippen LogP contribution in [0.5, 0.6) is 0 Å². The minimum Gasteiger partial charge on any atom is -0.419 e. The second-order valence-electron chi connectivity index (χ2n) is 6.40. The predicted molar refractivity (Wildman–Crippen MR) is 94.9 cm³/mol. The number of nitrogens with one attached hydrogen (secondary N) is 1. The third kappa shape index (κ3) is 3.43. The van der Waals surface area contributed by atoms with Crippen molar-refractivity contribution >= 4 is 23.6 Å². The second kappa shape index (κ2) is 7.09. The molecule has 2 aliphatic heterocycles. The van der Waals surface area contributed by atoms with Crippen molar-refractivity contribution < 1.29 is 14.3 Å². The standard InChI is InChI=1S/C17H17ClN6O3/c1-23-6-7-24(12(9-23)11-3-2-10(18)8-21-11)17(26)27-16-14-13(15(25)22-16)19-4-5-20-14/h2-5,8,12,16H,6-7,9H2,1H3,(H,22,25)/t12?,16-/m1/s1. The normalized spacial score (nSPS) is 22.3. The summed E-state index contributed by atoms with van der Waals surface area (Å²) in [4.78, 5) is 41.0. The SMILES string of the molecule is CN1CCN(C(=O)O[C@H]2NC(=O)c3nccnc32)C(c2ccc(Cl)cn2)C1. The van der Waals surface area contributed by atoms with E-state index in [4.69, 9.17) is 16.3 Å². The minimum atomic E-state index is -0.952. The molecule has 2 aromatic heterocycles. The van der Waals surface area contributed by atoms with E-state index < -0.39 is 18.2 Å². The zero-order chi connectivity index (χ0) is 19.0. The fourth-order valence-corrected chi connectivity index (χ4v) is 3.31. The number of piperazine rings is 1. The molecule has 1 fully saturated rings. The summed E-state index contributed by atoms with van der Waals surface area (Å²) >= 11 is 5.92. The van der Waals surface area contributed by atoms with Gasteiger partial charge in [-0.15, -0.1) is 0 Å². The molecule has 2 atom stereocenters. The summed E-state index contributed by atoms with van der Waals surface area (Å²) in [7, 11) is 1.98. The van der Waals surface area contributed by atoms with Crippen LogP contribution >= 0.6 is 11.6 Å². The number of fused-ring (bicyclic) bond motifs is 1. The largest absolute Gasteiger partial charge is 0.419 e. The highest BCUT2D eigenvalue weighted by Gasteiger charge is 2.38. The van der Waals surface area contributed by atoms with Crippen molar-refractivity contribution in [2.24, 2.45) is 0 Å². The number of nitrogens with zero attached hydrogens (tertiary/aromatic N) is 5. The first-order chi connectivity index (χ1) is 13.0. The fraction of sp³-hybridized carbons (Fsp3) is 0.353. The van der Waals surface area contributed by atoms with Crippen LogP contribution in [0.3, 0.4) is 0 Å². The van der Waals surface area contributed by atoms with E-state index in [0.29, 0.717) is 30.4 Å². The molecular formula is C17H17ClN6O3. The minimum absolute atomic E-state index is 0.171. The van der Waals surface area contributed by atoms with Crippen molar-refractivity contribution in [1.29, 1.82) is 0 Å². The van der Waals surface area contributed by atoms with Crippen molar-refractivity contribution in [2.75, 3.05) is 26.7 Å². The number of likely N-dealkylation sites (N-methyl/N-ethyl adjacent to an activating group) is 1. The number of ether oxygens (including phenoxy) is 1. The Morgan fingerprint density at radius 2 is 2.07 bits per heavy atom. The van der Waals surface area contributed by atoms with Crippen LogP contribution in [-0.2, 0) is 4.74 Å². The Kier molecular flexibility index (Phi) is 4.63. The average molecular weight is 389 g/mol. The summed E-state index contributed by atoms with van der Waals surface area (Å²) in [6.07, 6.45) is 2.93. The summed E-state index contributed by atoms with van der Waals surface area (Å²) in [5.41, 5.74) is 1.20. The van der Waals surface area contributed by atoms with Crippen LogP contribution in [0.4, 0.5) is 4.79 Å². The number of carbonyl (C=O) groups excluding carboxylic acids is 2. The molecule has 4 heterocycles. The Hall–Kier alpha value is -2.78. The number of hydrogen-bond acceptors (Lipinski definition) is 7. The molecule has 1 unspecified atom stereocenters. The first-order valence-corrected chi connectivity index (χ1v) is 8.80. The number of hydrogen-bond donors (Lipinski definition) is 1. The highest BCUT2D eigenvalue weighted by atomic mass is 35.5. The van der Waals surface area contributed by atoms with Crippen molar-refractivity contribution in [3.63, 3.8) is 0 Å². The monoisotopic (exact) mass is 388 g/mol. The Balaban J connectivity index is 1.55. The van der Waals surface area contributed by atoms with Crippen LogP contribution in [0.25, 0.3) is 0 Å². The number of halogens is 1. The molecule has 1 N–H and O–H groups in total. The van der Waals surface area contributed by atoms with E-state index in [1.54, 1.807) is 23.2 Å². The van der Waals surface area contributed by atoms with Gasteiger partial charge in [0.1, 0.15) is 5.69 Å². The number of amides is 2. The van der Waals surface area contributed by atoms with Gasteiger partial charge in [-0.3, -0.25) is 19.7 Å². The second-order valence-corrected chi connectivity index (χ2v) is 6.84. The molecule has 2 aromatic rings. The molecule has 140 valence electrons. The predicted octanol–water partition coefficient (Wildman–Crippen LogP) is 1.39. The van der Waals surface area contributed by atoms with Crippen LogP contribution in [0.1, 0.15) is 34.1 Å². The van der Waals surface area contributed by atoms with Gasteiger partial charge in [0, 0.05) is 38.2 Å². The third-order valence-electron chi connectivity index (χ3n) is 4.58. The molecular weight excluding hydrogens is 372 g/mol. The zero-order valence-corrected chi connectivity index (χ0v) is 15.3. The molecule has 0 saturated carbocycles. The van der Waals surface area contributed by atoms with Crippen LogP contribution in [0.15, 0.2) is 30.7 Å². The van der Waals surface area contributed by atoms with E-state index in [1.165, 1.54) is 12.4 Å². The maximum absolute atomic E-state index is 12.9. The summed E-state index contributed by atoms with van der Waals surface area (Å²) in [5, 5.41) is 3.11. The van der Waals surface area contributed by atoms with Crippen LogP contribution in [0, 0.1) is 0 Å². The van der Waals surface area contributed by atoms with Gasteiger partial charge in [-0.05, 0) is 19.2 Å². The molecule has 27 heavy (non-hydrogen) atoms. The smallest absolute Gasteiger partial charge is 0.412 e. The first kappa shape index (κ1) is 17.6. The van der Waals surface area contributed by atoms with Crippen LogP contribution in [-0.4, -0.2) is 63.4 Å². The van der Waals surface area contributed by atoms with Gasteiger partial charge in [-0.1, -0.05) is 11.6 Å². The fourth-order valence-electron chi connectivity index (χ4n) is 3.20. The van der Waals surface area contributed by atoms with Gasteiger partial charge in [0.25, 0.3) is 5.91 Å². The number of aromatic nitrogens is 3. The number of pyridine rings is 1. The van der Waals surface area contributed by atoms with E-state index in [1.807, 2.05) is 7.05 Å². The maximum atomic E-state index is 12.9. The van der Waals surface area contributed by atoms with Crippen molar-refractivity contribution in [1.82, 2.24) is 30.1 Å². The average Bonchev–Trinajstić information content (AvgIpc) is 2.98. The van der Waals surface area contributed by atoms with Gasteiger partial charge in [0.15, 0.2) is 5.69 Å². The Bertz CT molecular complexity index is 877. The van der Waals surface area contributed by atoms with Gasteiger partial charge in [-0.2, -0.15) is 0 Å². The first-order valence-electron chi connectivity index (χ1n) is 8.42. The summed E-state index contributed by atoms with van der Waals surface area (Å²) in [5.74, 6) is -0.412. The maximum Gasteiger partial charge on any atom is 0.412 e. The van der Waals surface area contributed by atoms with Gasteiger partial charge >= 0.3 is 6.09 Å². The van der Waals surface area contributed by atoms with Gasteiger partial charge in [0.05, 0.1) is 16.8 Å². The van der Waals surface area contributed by atoms with E-state index in [-0.39, 0.29) is 11.7 Å². The molecule has 2 aliphatic rings. The lowest BCUT2D eigenvalue weighted by atomic mass is 10.1. The highest BCUT2D eigenvalue weighted by Crippen LogP contribution is 2.28. The lowest BCUT2D eigenvalue weighted by Gasteiger charge is -2.39. The number of rotatable bonds is 2. The highest BCUT2D eigenvalue weighted by molar-refractivity contribution is 6.30. The molecule has 0 bridgehead atoms. The summed E-state index contributed by atoms with van der Waals surface area (Å²) < 4.78 is 5.54. The molecule has 1 saturated heterocycles.